The van der Waals surface area contributed by atoms with Crippen molar-refractivity contribution in [1.29, 1.82) is 0 Å². The summed E-state index contributed by atoms with van der Waals surface area (Å²) in [5, 5.41) is 14.4. The zero-order valence-corrected chi connectivity index (χ0v) is 10.7. The number of pyridine rings is 1. The SMILES string of the molecule is O=c1cc(-c2ccccc2)c([N+](=O)[O-])c2n1CCCN2. The van der Waals surface area contributed by atoms with Crippen LogP contribution in [0.1, 0.15) is 6.42 Å². The van der Waals surface area contributed by atoms with Gasteiger partial charge in [-0.15, -0.1) is 0 Å². The van der Waals surface area contributed by atoms with Crippen molar-refractivity contribution in [3.63, 3.8) is 0 Å². The van der Waals surface area contributed by atoms with Crippen LogP contribution in [0.4, 0.5) is 11.5 Å². The van der Waals surface area contributed by atoms with Crippen molar-refractivity contribution >= 4 is 11.5 Å². The van der Waals surface area contributed by atoms with Gasteiger partial charge in [0.25, 0.3) is 5.56 Å². The second-order valence-corrected chi connectivity index (χ2v) is 4.65. The molecular weight excluding hydrogens is 258 g/mol. The van der Waals surface area contributed by atoms with Gasteiger partial charge in [-0.2, -0.15) is 0 Å². The molecule has 102 valence electrons. The summed E-state index contributed by atoms with van der Waals surface area (Å²) in [7, 11) is 0. The fourth-order valence-corrected chi connectivity index (χ4v) is 2.50. The standard InChI is InChI=1S/C14H13N3O3/c18-12-9-11(10-5-2-1-3-6-10)13(17(19)20)14-15-7-4-8-16(12)14/h1-3,5-6,9,15H,4,7-8H2. The molecule has 1 aromatic carbocycles. The number of nitro groups is 1. The van der Waals surface area contributed by atoms with E-state index < -0.39 is 4.92 Å². The average Bonchev–Trinajstić information content (AvgIpc) is 2.47. The first-order valence-electron chi connectivity index (χ1n) is 6.40. The molecule has 0 saturated carbocycles. The number of benzene rings is 1. The molecule has 3 rings (SSSR count). The van der Waals surface area contributed by atoms with Gasteiger partial charge < -0.3 is 5.32 Å². The lowest BCUT2D eigenvalue weighted by atomic mass is 10.0. The number of hydrogen-bond acceptors (Lipinski definition) is 4. The fourth-order valence-electron chi connectivity index (χ4n) is 2.50. The van der Waals surface area contributed by atoms with Crippen LogP contribution in [-0.2, 0) is 6.54 Å². The summed E-state index contributed by atoms with van der Waals surface area (Å²) in [6.45, 7) is 1.15. The molecule has 2 heterocycles. The number of fused-ring (bicyclic) bond motifs is 1. The van der Waals surface area contributed by atoms with Crippen LogP contribution in [-0.4, -0.2) is 16.0 Å². The predicted molar refractivity (Wildman–Crippen MR) is 75.9 cm³/mol. The van der Waals surface area contributed by atoms with Crippen molar-refractivity contribution < 1.29 is 4.92 Å². The maximum absolute atomic E-state index is 12.1. The number of anilines is 1. The minimum atomic E-state index is -0.425. The van der Waals surface area contributed by atoms with Gasteiger partial charge in [-0.1, -0.05) is 30.3 Å². The summed E-state index contributed by atoms with van der Waals surface area (Å²) in [5.41, 5.74) is 0.792. The summed E-state index contributed by atoms with van der Waals surface area (Å²) in [6, 6.07) is 10.3. The topological polar surface area (TPSA) is 77.2 Å². The molecule has 0 aliphatic carbocycles. The van der Waals surface area contributed by atoms with E-state index in [4.69, 9.17) is 0 Å². The lowest BCUT2D eigenvalue weighted by Crippen LogP contribution is -2.29. The molecule has 0 saturated heterocycles. The second kappa shape index (κ2) is 4.80. The molecule has 20 heavy (non-hydrogen) atoms. The van der Waals surface area contributed by atoms with Crippen LogP contribution in [0.3, 0.4) is 0 Å². The van der Waals surface area contributed by atoms with Gasteiger partial charge in [0.15, 0.2) is 5.82 Å². The van der Waals surface area contributed by atoms with Crippen LogP contribution >= 0.6 is 0 Å². The highest BCUT2D eigenvalue weighted by molar-refractivity contribution is 5.80. The Labute approximate surface area is 114 Å². The quantitative estimate of drug-likeness (QED) is 0.671. The van der Waals surface area contributed by atoms with E-state index in [0.717, 1.165) is 6.42 Å². The van der Waals surface area contributed by atoms with Crippen LogP contribution in [0.15, 0.2) is 41.2 Å². The molecule has 0 fully saturated rings. The molecule has 2 aromatic rings. The number of rotatable bonds is 2. The van der Waals surface area contributed by atoms with Gasteiger partial charge in [0.1, 0.15) is 0 Å². The van der Waals surface area contributed by atoms with E-state index in [9.17, 15) is 14.9 Å². The second-order valence-electron chi connectivity index (χ2n) is 4.65. The summed E-state index contributed by atoms with van der Waals surface area (Å²) >= 11 is 0. The van der Waals surface area contributed by atoms with Gasteiger partial charge in [-0.05, 0) is 12.0 Å². The van der Waals surface area contributed by atoms with Crippen LogP contribution in [0.2, 0.25) is 0 Å². The predicted octanol–water partition coefficient (Wildman–Crippen LogP) is 2.24. The Morgan fingerprint density at radius 1 is 1.25 bits per heavy atom. The van der Waals surface area contributed by atoms with Gasteiger partial charge in [0.2, 0.25) is 0 Å². The Balaban J connectivity index is 2.33. The fraction of sp³-hybridized carbons (Fsp3) is 0.214. The minimum absolute atomic E-state index is 0.0319. The van der Waals surface area contributed by atoms with Gasteiger partial charge in [-0.3, -0.25) is 19.5 Å². The van der Waals surface area contributed by atoms with Crippen molar-refractivity contribution in [2.45, 2.75) is 13.0 Å². The molecule has 1 aliphatic rings. The van der Waals surface area contributed by atoms with E-state index in [-0.39, 0.29) is 11.2 Å². The van der Waals surface area contributed by atoms with Crippen LogP contribution in [0.5, 0.6) is 0 Å². The van der Waals surface area contributed by atoms with E-state index in [0.29, 0.717) is 30.0 Å². The Hall–Kier alpha value is -2.63. The molecular formula is C14H13N3O3. The number of nitrogens with zero attached hydrogens (tertiary/aromatic N) is 2. The highest BCUT2D eigenvalue weighted by atomic mass is 16.6. The third-order valence-corrected chi connectivity index (χ3v) is 3.40. The first kappa shape index (κ1) is 12.4. The van der Waals surface area contributed by atoms with Crippen molar-refractivity contribution in [3.8, 4) is 11.1 Å². The molecule has 1 aliphatic heterocycles. The monoisotopic (exact) mass is 271 g/mol. The molecule has 1 aromatic heterocycles. The maximum Gasteiger partial charge on any atom is 0.317 e. The number of nitrogens with one attached hydrogen (secondary N) is 1. The van der Waals surface area contributed by atoms with Gasteiger partial charge in [0.05, 0.1) is 10.5 Å². The van der Waals surface area contributed by atoms with Crippen LogP contribution < -0.4 is 10.9 Å². The van der Waals surface area contributed by atoms with E-state index in [1.807, 2.05) is 6.07 Å². The normalized spacial score (nSPS) is 13.4. The van der Waals surface area contributed by atoms with Crippen LogP contribution in [0, 0.1) is 10.1 Å². The van der Waals surface area contributed by atoms with Crippen molar-refractivity contribution in [3.05, 3.63) is 56.9 Å². The molecule has 6 heteroatoms. The van der Waals surface area contributed by atoms with Crippen molar-refractivity contribution in [2.75, 3.05) is 11.9 Å². The Bertz CT molecular complexity index is 722. The van der Waals surface area contributed by atoms with Crippen molar-refractivity contribution in [2.24, 2.45) is 0 Å². The summed E-state index contributed by atoms with van der Waals surface area (Å²) in [4.78, 5) is 23.1. The summed E-state index contributed by atoms with van der Waals surface area (Å²) in [5.74, 6) is 0.313. The summed E-state index contributed by atoms with van der Waals surface area (Å²) in [6.07, 6.45) is 0.786. The Morgan fingerprint density at radius 3 is 2.70 bits per heavy atom. The minimum Gasteiger partial charge on any atom is -0.366 e. The molecule has 1 N–H and O–H groups in total. The maximum atomic E-state index is 12.1. The molecule has 0 atom stereocenters. The first-order chi connectivity index (χ1) is 9.68. The third-order valence-electron chi connectivity index (χ3n) is 3.40. The van der Waals surface area contributed by atoms with Gasteiger partial charge in [-0.25, -0.2) is 0 Å². The molecule has 0 radical (unpaired) electrons. The Morgan fingerprint density at radius 2 is 2.00 bits per heavy atom. The largest absolute Gasteiger partial charge is 0.366 e. The smallest absolute Gasteiger partial charge is 0.317 e. The van der Waals surface area contributed by atoms with Crippen LogP contribution in [0.25, 0.3) is 11.1 Å². The number of hydrogen-bond donors (Lipinski definition) is 1. The molecule has 6 nitrogen and oxygen atoms in total. The van der Waals surface area contributed by atoms with Gasteiger partial charge in [0, 0.05) is 19.2 Å². The molecule has 0 spiro atoms. The first-order valence-corrected chi connectivity index (χ1v) is 6.40. The highest BCUT2D eigenvalue weighted by Gasteiger charge is 2.27. The van der Waals surface area contributed by atoms with E-state index >= 15 is 0 Å². The van der Waals surface area contributed by atoms with Gasteiger partial charge >= 0.3 is 5.69 Å². The lowest BCUT2D eigenvalue weighted by molar-refractivity contribution is -0.383. The lowest BCUT2D eigenvalue weighted by Gasteiger charge is -2.20. The van der Waals surface area contributed by atoms with E-state index in [1.165, 1.54) is 10.6 Å². The summed E-state index contributed by atoms with van der Waals surface area (Å²) < 4.78 is 1.44. The molecule has 0 unspecified atom stereocenters. The zero-order valence-electron chi connectivity index (χ0n) is 10.7. The molecule has 0 bridgehead atoms. The average molecular weight is 271 g/mol. The molecule has 0 amide bonds. The van der Waals surface area contributed by atoms with Crippen molar-refractivity contribution in [1.82, 2.24) is 4.57 Å². The third kappa shape index (κ3) is 1.95. The highest BCUT2D eigenvalue weighted by Crippen LogP contribution is 2.35. The Kier molecular flexibility index (Phi) is 2.98. The van der Waals surface area contributed by atoms with E-state index in [2.05, 4.69) is 5.32 Å². The number of aromatic nitrogens is 1. The zero-order chi connectivity index (χ0) is 14.1. The van der Waals surface area contributed by atoms with E-state index in [1.54, 1.807) is 24.3 Å².